The topological polar surface area (TPSA) is 138 Å². The first kappa shape index (κ1) is 20.5. The fourth-order valence-corrected chi connectivity index (χ4v) is 2.73. The number of aromatic hydroxyl groups is 1. The number of aromatic amines is 1. The van der Waals surface area contributed by atoms with Gasteiger partial charge in [-0.05, 0) is 18.2 Å². The number of amides is 1. The van der Waals surface area contributed by atoms with Crippen LogP contribution in [0.2, 0.25) is 0 Å². The van der Waals surface area contributed by atoms with Crippen LogP contribution in [0.3, 0.4) is 0 Å². The van der Waals surface area contributed by atoms with Crippen molar-refractivity contribution in [2.24, 2.45) is 0 Å². The zero-order chi connectivity index (χ0) is 21.7. The van der Waals surface area contributed by atoms with Crippen LogP contribution < -0.4 is 20.3 Å². The van der Waals surface area contributed by atoms with E-state index in [1.807, 2.05) is 6.07 Å². The molecular weight excluding hydrogens is 392 g/mol. The number of carboxylic acids is 1. The van der Waals surface area contributed by atoms with Gasteiger partial charge in [-0.25, -0.2) is 0 Å². The highest BCUT2D eigenvalue weighted by molar-refractivity contribution is 6.04. The maximum Gasteiger partial charge on any atom is 0.322 e. The number of ether oxygens (including phenoxy) is 2. The van der Waals surface area contributed by atoms with Crippen LogP contribution in [0.1, 0.15) is 10.4 Å². The Hall–Kier alpha value is -4.27. The van der Waals surface area contributed by atoms with Crippen molar-refractivity contribution in [3.8, 4) is 23.0 Å². The van der Waals surface area contributed by atoms with Gasteiger partial charge in [-0.1, -0.05) is 30.9 Å². The van der Waals surface area contributed by atoms with E-state index in [-0.39, 0.29) is 29.0 Å². The first-order valence-corrected chi connectivity index (χ1v) is 8.80. The molecule has 0 saturated heterocycles. The molecular formula is C21H18N2O7. The third-order valence-corrected chi connectivity index (χ3v) is 4.00. The molecule has 154 valence electrons. The van der Waals surface area contributed by atoms with Crippen LogP contribution in [0.25, 0.3) is 10.9 Å². The van der Waals surface area contributed by atoms with Crippen molar-refractivity contribution in [3.05, 3.63) is 71.0 Å². The van der Waals surface area contributed by atoms with E-state index < -0.39 is 35.3 Å². The highest BCUT2D eigenvalue weighted by Gasteiger charge is 2.22. The van der Waals surface area contributed by atoms with Crippen LogP contribution in [0, 0.1) is 0 Å². The number of para-hydroxylation sites is 1. The number of hydrogen-bond donors (Lipinski definition) is 4. The highest BCUT2D eigenvalue weighted by atomic mass is 16.5. The van der Waals surface area contributed by atoms with Crippen LogP contribution in [-0.2, 0) is 4.79 Å². The van der Waals surface area contributed by atoms with Gasteiger partial charge in [0.2, 0.25) is 0 Å². The molecule has 0 unspecified atom stereocenters. The Balaban J connectivity index is 2.14. The molecule has 0 aliphatic carbocycles. The first-order chi connectivity index (χ1) is 14.4. The summed E-state index contributed by atoms with van der Waals surface area (Å²) in [5.74, 6) is -1.94. The Morgan fingerprint density at radius 3 is 2.57 bits per heavy atom. The number of carbonyl (C=O) groups is 2. The molecule has 0 fully saturated rings. The zero-order valence-electron chi connectivity index (χ0n) is 15.7. The Morgan fingerprint density at radius 1 is 1.17 bits per heavy atom. The molecule has 30 heavy (non-hydrogen) atoms. The number of carboxylic acid groups (broad SMARTS) is 1. The highest BCUT2D eigenvalue weighted by Crippen LogP contribution is 2.36. The molecule has 1 heterocycles. The van der Waals surface area contributed by atoms with Gasteiger partial charge < -0.3 is 30.0 Å². The number of benzene rings is 2. The lowest BCUT2D eigenvalue weighted by molar-refractivity contribution is -0.135. The van der Waals surface area contributed by atoms with Crippen molar-refractivity contribution >= 4 is 22.8 Å². The average molecular weight is 410 g/mol. The fraction of sp³-hybridized carbons (Fsp3) is 0.0952. The van der Waals surface area contributed by atoms with Crippen molar-refractivity contribution in [1.29, 1.82) is 0 Å². The molecule has 2 aromatic carbocycles. The Morgan fingerprint density at radius 2 is 1.90 bits per heavy atom. The van der Waals surface area contributed by atoms with Crippen molar-refractivity contribution in [3.63, 3.8) is 0 Å². The molecule has 4 N–H and O–H groups in total. The van der Waals surface area contributed by atoms with E-state index in [9.17, 15) is 19.5 Å². The lowest BCUT2D eigenvalue weighted by Gasteiger charge is -2.14. The molecule has 9 nitrogen and oxygen atoms in total. The first-order valence-electron chi connectivity index (χ1n) is 8.80. The van der Waals surface area contributed by atoms with Gasteiger partial charge in [-0.15, -0.1) is 0 Å². The van der Waals surface area contributed by atoms with Gasteiger partial charge in [-0.2, -0.15) is 0 Å². The minimum Gasteiger partial charge on any atom is -0.506 e. The maximum absolute atomic E-state index is 12.4. The van der Waals surface area contributed by atoms with Crippen LogP contribution in [0.5, 0.6) is 23.0 Å². The second kappa shape index (κ2) is 8.82. The summed E-state index contributed by atoms with van der Waals surface area (Å²) in [6.45, 7) is 2.99. The van der Waals surface area contributed by atoms with Gasteiger partial charge in [0.05, 0.1) is 5.52 Å². The van der Waals surface area contributed by atoms with Gasteiger partial charge in [0.1, 0.15) is 41.7 Å². The number of rotatable bonds is 8. The predicted octanol–water partition coefficient (Wildman–Crippen LogP) is 2.41. The minimum absolute atomic E-state index is 0.0857. The number of pyridine rings is 1. The Labute approximate surface area is 170 Å². The van der Waals surface area contributed by atoms with Crippen LogP contribution in [0.4, 0.5) is 0 Å². The van der Waals surface area contributed by atoms with Crippen molar-refractivity contribution in [2.45, 2.75) is 0 Å². The van der Waals surface area contributed by atoms with E-state index in [0.717, 1.165) is 0 Å². The van der Waals surface area contributed by atoms with Gasteiger partial charge in [0, 0.05) is 11.5 Å². The van der Waals surface area contributed by atoms with Gasteiger partial charge in [0.25, 0.3) is 11.5 Å². The molecule has 0 radical (unpaired) electrons. The third-order valence-electron chi connectivity index (χ3n) is 4.00. The van der Waals surface area contributed by atoms with E-state index >= 15 is 0 Å². The number of fused-ring (bicyclic) bond motifs is 1. The van der Waals surface area contributed by atoms with Crippen molar-refractivity contribution < 1.29 is 29.3 Å². The van der Waals surface area contributed by atoms with Gasteiger partial charge in [-0.3, -0.25) is 14.4 Å². The summed E-state index contributed by atoms with van der Waals surface area (Å²) in [6.07, 6.45) is 1.50. The molecule has 0 spiro atoms. The van der Waals surface area contributed by atoms with Crippen molar-refractivity contribution in [1.82, 2.24) is 10.3 Å². The molecule has 0 atom stereocenters. The number of carbonyl (C=O) groups excluding carboxylic acids is 1. The van der Waals surface area contributed by atoms with E-state index in [4.69, 9.17) is 14.6 Å². The summed E-state index contributed by atoms with van der Waals surface area (Å²) in [6, 6.07) is 11.8. The number of H-pyrrole nitrogens is 1. The molecule has 3 aromatic rings. The van der Waals surface area contributed by atoms with Gasteiger partial charge in [0.15, 0.2) is 0 Å². The second-order valence-electron chi connectivity index (χ2n) is 6.11. The number of aliphatic carboxylic acids is 1. The molecule has 9 heteroatoms. The summed E-state index contributed by atoms with van der Waals surface area (Å²) in [5.41, 5.74) is -1.37. The second-order valence-corrected chi connectivity index (χ2v) is 6.11. The number of nitrogens with one attached hydrogen (secondary N) is 2. The summed E-state index contributed by atoms with van der Waals surface area (Å²) in [5, 5.41) is 21.5. The predicted molar refractivity (Wildman–Crippen MR) is 108 cm³/mol. The summed E-state index contributed by atoms with van der Waals surface area (Å²) in [4.78, 5) is 37.8. The number of hydrogen-bond acceptors (Lipinski definition) is 6. The zero-order valence-corrected chi connectivity index (χ0v) is 15.7. The molecule has 3 rings (SSSR count). The number of aromatic nitrogens is 1. The maximum atomic E-state index is 12.4. The SMILES string of the molecule is C=CCOc1cc(Oc2ccccc2)cc2c(O)c(C(=O)NCC(=O)O)c(=O)[nH]c12. The molecule has 0 aliphatic rings. The molecule has 0 saturated carbocycles. The molecule has 0 bridgehead atoms. The van der Waals surface area contributed by atoms with E-state index in [2.05, 4.69) is 16.9 Å². The average Bonchev–Trinajstić information content (AvgIpc) is 2.72. The lowest BCUT2D eigenvalue weighted by atomic mass is 10.1. The lowest BCUT2D eigenvalue weighted by Crippen LogP contribution is -2.33. The Bertz CT molecular complexity index is 1170. The smallest absolute Gasteiger partial charge is 0.322 e. The molecule has 1 amide bonds. The standard InChI is InChI=1S/C21H18N2O7/c1-2-8-29-15-10-13(30-12-6-4-3-5-7-12)9-14-18(15)23-21(28)17(19(14)26)20(27)22-11-16(24)25/h2-7,9-10H,1,8,11H2,(H,22,27)(H,24,25)(H2,23,26,28). The minimum atomic E-state index is -1.29. The quantitative estimate of drug-likeness (QED) is 0.418. The largest absolute Gasteiger partial charge is 0.506 e. The van der Waals surface area contributed by atoms with Crippen LogP contribution in [0.15, 0.2) is 59.9 Å². The third kappa shape index (κ3) is 4.41. The van der Waals surface area contributed by atoms with E-state index in [1.54, 1.807) is 24.3 Å². The van der Waals surface area contributed by atoms with Crippen LogP contribution >= 0.6 is 0 Å². The van der Waals surface area contributed by atoms with Crippen molar-refractivity contribution in [2.75, 3.05) is 13.2 Å². The monoisotopic (exact) mass is 410 g/mol. The fourth-order valence-electron chi connectivity index (χ4n) is 2.73. The molecule has 0 aliphatic heterocycles. The van der Waals surface area contributed by atoms with Crippen LogP contribution in [-0.4, -0.2) is 40.2 Å². The Kier molecular flexibility index (Phi) is 6.02. The molecule has 1 aromatic heterocycles. The summed E-state index contributed by atoms with van der Waals surface area (Å²) in [7, 11) is 0. The van der Waals surface area contributed by atoms with E-state index in [1.165, 1.54) is 18.2 Å². The normalized spacial score (nSPS) is 10.4. The van der Waals surface area contributed by atoms with Gasteiger partial charge >= 0.3 is 5.97 Å². The summed E-state index contributed by atoms with van der Waals surface area (Å²) < 4.78 is 11.4. The van der Waals surface area contributed by atoms with E-state index in [0.29, 0.717) is 5.75 Å². The summed E-state index contributed by atoms with van der Waals surface area (Å²) >= 11 is 0.